The molecule has 2 aliphatic rings. The first-order chi connectivity index (χ1) is 9.97. The molecule has 2 saturated carbocycles. The van der Waals surface area contributed by atoms with Crippen LogP contribution in [0.1, 0.15) is 53.3 Å². The van der Waals surface area contributed by atoms with E-state index in [0.717, 1.165) is 12.8 Å². The van der Waals surface area contributed by atoms with E-state index in [0.29, 0.717) is 22.0 Å². The summed E-state index contributed by atoms with van der Waals surface area (Å²) in [6.45, 7) is 2.12. The van der Waals surface area contributed by atoms with E-state index < -0.39 is 5.97 Å². The number of carboxylic acid groups (broad SMARTS) is 1. The molecule has 1 atom stereocenters. The topological polar surface area (TPSA) is 57.6 Å². The molecule has 112 valence electrons. The number of benzene rings is 1. The monoisotopic (exact) mass is 351 g/mol. The average Bonchev–Trinajstić information content (AvgIpc) is 3.29. The van der Waals surface area contributed by atoms with Crippen LogP contribution in [0, 0.1) is 5.92 Å². The van der Waals surface area contributed by atoms with Gasteiger partial charge in [0.25, 0.3) is 5.91 Å². The second-order valence-corrected chi connectivity index (χ2v) is 6.97. The van der Waals surface area contributed by atoms with Crippen molar-refractivity contribution in [3.8, 4) is 0 Å². The van der Waals surface area contributed by atoms with Crippen LogP contribution >= 0.6 is 15.9 Å². The summed E-state index contributed by atoms with van der Waals surface area (Å²) in [5, 5.41) is 9.14. The van der Waals surface area contributed by atoms with E-state index in [-0.39, 0.29) is 17.5 Å². The van der Waals surface area contributed by atoms with Gasteiger partial charge in [0.05, 0.1) is 5.56 Å². The largest absolute Gasteiger partial charge is 0.478 e. The van der Waals surface area contributed by atoms with Crippen LogP contribution in [0.15, 0.2) is 22.7 Å². The van der Waals surface area contributed by atoms with Gasteiger partial charge in [-0.15, -0.1) is 0 Å². The van der Waals surface area contributed by atoms with Gasteiger partial charge in [0.15, 0.2) is 0 Å². The van der Waals surface area contributed by atoms with Crippen LogP contribution < -0.4 is 0 Å². The van der Waals surface area contributed by atoms with Gasteiger partial charge in [0.2, 0.25) is 0 Å². The Morgan fingerprint density at radius 2 is 1.81 bits per heavy atom. The van der Waals surface area contributed by atoms with E-state index in [2.05, 4.69) is 22.9 Å². The van der Waals surface area contributed by atoms with Gasteiger partial charge in [-0.25, -0.2) is 4.79 Å². The molecule has 1 amide bonds. The number of hydrogen-bond donors (Lipinski definition) is 1. The van der Waals surface area contributed by atoms with E-state index in [1.807, 2.05) is 4.90 Å². The van der Waals surface area contributed by atoms with Crippen molar-refractivity contribution < 1.29 is 14.7 Å². The maximum absolute atomic E-state index is 12.8. The van der Waals surface area contributed by atoms with Crippen molar-refractivity contribution in [2.75, 3.05) is 0 Å². The Labute approximate surface area is 132 Å². The quantitative estimate of drug-likeness (QED) is 0.882. The van der Waals surface area contributed by atoms with Gasteiger partial charge < -0.3 is 10.0 Å². The van der Waals surface area contributed by atoms with Crippen molar-refractivity contribution in [1.82, 2.24) is 4.90 Å². The van der Waals surface area contributed by atoms with Gasteiger partial charge in [0, 0.05) is 22.1 Å². The van der Waals surface area contributed by atoms with Gasteiger partial charge in [-0.05, 0) is 56.7 Å². The fraction of sp³-hybridized carbons (Fsp3) is 0.500. The van der Waals surface area contributed by atoms with Crippen LogP contribution in [-0.2, 0) is 0 Å². The fourth-order valence-corrected chi connectivity index (χ4v) is 3.32. The normalized spacial score (nSPS) is 19.1. The predicted octanol–water partition coefficient (Wildman–Crippen LogP) is 3.55. The molecule has 0 heterocycles. The number of carbonyl (C=O) groups excluding carboxylic acids is 1. The fourth-order valence-electron chi connectivity index (χ4n) is 2.83. The standard InChI is InChI=1S/C16H18BrNO3/c1-9(10-2-3-10)18(14-4-5-14)15(19)11-6-12(16(20)21)8-13(17)7-11/h6-10,14H,2-5H2,1H3,(H,20,21). The molecule has 1 unspecified atom stereocenters. The van der Waals surface area contributed by atoms with Gasteiger partial charge in [-0.1, -0.05) is 15.9 Å². The van der Waals surface area contributed by atoms with E-state index in [9.17, 15) is 9.59 Å². The van der Waals surface area contributed by atoms with Crippen molar-refractivity contribution in [1.29, 1.82) is 0 Å². The first kappa shape index (κ1) is 14.6. The average molecular weight is 352 g/mol. The third-order valence-corrected chi connectivity index (χ3v) is 4.77. The van der Waals surface area contributed by atoms with Crippen molar-refractivity contribution in [2.45, 2.75) is 44.7 Å². The molecule has 0 aliphatic heterocycles. The number of aromatic carboxylic acids is 1. The van der Waals surface area contributed by atoms with E-state index >= 15 is 0 Å². The number of hydrogen-bond acceptors (Lipinski definition) is 2. The van der Waals surface area contributed by atoms with Crippen LogP contribution in [0.5, 0.6) is 0 Å². The Hall–Kier alpha value is -1.36. The SMILES string of the molecule is CC(C1CC1)N(C(=O)c1cc(Br)cc(C(=O)O)c1)C1CC1. The molecular weight excluding hydrogens is 334 g/mol. The molecule has 1 aromatic rings. The summed E-state index contributed by atoms with van der Waals surface area (Å²) in [4.78, 5) is 26.0. The molecule has 0 radical (unpaired) electrons. The van der Waals surface area contributed by atoms with Crippen LogP contribution in [0.2, 0.25) is 0 Å². The molecule has 3 rings (SSSR count). The van der Waals surface area contributed by atoms with Crippen LogP contribution in [0.4, 0.5) is 0 Å². The van der Waals surface area contributed by atoms with Crippen molar-refractivity contribution >= 4 is 27.8 Å². The highest BCUT2D eigenvalue weighted by Gasteiger charge is 2.42. The van der Waals surface area contributed by atoms with Crippen molar-refractivity contribution in [2.24, 2.45) is 5.92 Å². The van der Waals surface area contributed by atoms with E-state index in [1.165, 1.54) is 25.0 Å². The first-order valence-electron chi connectivity index (χ1n) is 7.34. The van der Waals surface area contributed by atoms with E-state index in [1.54, 1.807) is 6.07 Å². The summed E-state index contributed by atoms with van der Waals surface area (Å²) in [6.07, 6.45) is 4.50. The minimum Gasteiger partial charge on any atom is -0.478 e. The number of carbonyl (C=O) groups is 2. The number of carboxylic acids is 1. The highest BCUT2D eigenvalue weighted by Crippen LogP contribution is 2.40. The highest BCUT2D eigenvalue weighted by molar-refractivity contribution is 9.10. The number of nitrogens with zero attached hydrogens (tertiary/aromatic N) is 1. The highest BCUT2D eigenvalue weighted by atomic mass is 79.9. The summed E-state index contributed by atoms with van der Waals surface area (Å²) in [6, 6.07) is 5.29. The molecule has 1 aromatic carbocycles. The summed E-state index contributed by atoms with van der Waals surface area (Å²) in [7, 11) is 0. The number of halogens is 1. The lowest BCUT2D eigenvalue weighted by Gasteiger charge is -2.29. The Bertz CT molecular complexity index is 593. The Kier molecular flexibility index (Phi) is 3.78. The Balaban J connectivity index is 1.90. The molecule has 0 aromatic heterocycles. The summed E-state index contributed by atoms with van der Waals surface area (Å²) >= 11 is 3.30. The summed E-state index contributed by atoms with van der Waals surface area (Å²) < 4.78 is 0.626. The molecular formula is C16H18BrNO3. The van der Waals surface area contributed by atoms with E-state index in [4.69, 9.17) is 5.11 Å². The van der Waals surface area contributed by atoms with Crippen LogP contribution in [-0.4, -0.2) is 34.0 Å². The third kappa shape index (κ3) is 3.12. The molecule has 0 saturated heterocycles. The zero-order valence-corrected chi connectivity index (χ0v) is 13.5. The third-order valence-electron chi connectivity index (χ3n) is 4.31. The van der Waals surface area contributed by atoms with Crippen LogP contribution in [0.25, 0.3) is 0 Å². The number of amides is 1. The van der Waals surface area contributed by atoms with Gasteiger partial charge >= 0.3 is 5.97 Å². The molecule has 2 fully saturated rings. The maximum atomic E-state index is 12.8. The van der Waals surface area contributed by atoms with Gasteiger partial charge in [0.1, 0.15) is 0 Å². The molecule has 4 nitrogen and oxygen atoms in total. The maximum Gasteiger partial charge on any atom is 0.335 e. The minimum absolute atomic E-state index is 0.0410. The zero-order valence-electron chi connectivity index (χ0n) is 11.9. The molecule has 21 heavy (non-hydrogen) atoms. The lowest BCUT2D eigenvalue weighted by atomic mass is 10.1. The van der Waals surface area contributed by atoms with Crippen molar-refractivity contribution in [3.05, 3.63) is 33.8 Å². The number of rotatable bonds is 5. The molecule has 1 N–H and O–H groups in total. The Morgan fingerprint density at radius 3 is 2.33 bits per heavy atom. The molecule has 0 spiro atoms. The smallest absolute Gasteiger partial charge is 0.335 e. The van der Waals surface area contributed by atoms with Crippen molar-refractivity contribution in [3.63, 3.8) is 0 Å². The second kappa shape index (κ2) is 5.44. The van der Waals surface area contributed by atoms with Gasteiger partial charge in [-0.2, -0.15) is 0 Å². The Morgan fingerprint density at radius 1 is 1.19 bits per heavy atom. The predicted molar refractivity (Wildman–Crippen MR) is 82.5 cm³/mol. The zero-order chi connectivity index (χ0) is 15.1. The molecule has 5 heteroatoms. The lowest BCUT2D eigenvalue weighted by molar-refractivity contribution is 0.0654. The minimum atomic E-state index is -1.02. The lowest BCUT2D eigenvalue weighted by Crippen LogP contribution is -2.41. The van der Waals surface area contributed by atoms with Gasteiger partial charge in [-0.3, -0.25) is 4.79 Å². The summed E-state index contributed by atoms with van der Waals surface area (Å²) in [5.41, 5.74) is 0.601. The second-order valence-electron chi connectivity index (χ2n) is 6.06. The first-order valence-corrected chi connectivity index (χ1v) is 8.13. The molecule has 0 bridgehead atoms. The molecule has 2 aliphatic carbocycles. The summed E-state index contributed by atoms with van der Waals surface area (Å²) in [5.74, 6) is -0.445. The van der Waals surface area contributed by atoms with Crippen LogP contribution in [0.3, 0.4) is 0 Å².